The first-order chi connectivity index (χ1) is 11.1. The van der Waals surface area contributed by atoms with Crippen molar-refractivity contribution in [3.8, 4) is 0 Å². The van der Waals surface area contributed by atoms with Crippen molar-refractivity contribution in [2.24, 2.45) is 10.9 Å². The van der Waals surface area contributed by atoms with Gasteiger partial charge in [-0.15, -0.1) is 0 Å². The molecule has 0 spiro atoms. The number of benzene rings is 1. The molecule has 4 heteroatoms. The predicted octanol–water partition coefficient (Wildman–Crippen LogP) is 3.98. The average Bonchev–Trinajstić information content (AvgIpc) is 2.57. The van der Waals surface area contributed by atoms with E-state index in [2.05, 4.69) is 36.4 Å². The van der Waals surface area contributed by atoms with E-state index in [1.807, 2.05) is 0 Å². The minimum Gasteiger partial charge on any atom is -0.394 e. The number of hydrogen-bond donors (Lipinski definition) is 2. The number of aliphatic hydroxyl groups excluding tert-OH is 1. The molecule has 0 amide bonds. The van der Waals surface area contributed by atoms with E-state index >= 15 is 0 Å². The standard InChI is InChI=1S/C19H32N2O2/c1-2-3-4-5-6-7-8-17-9-11-18(12-10-17)13-14-19(20,16-22)15-21-23/h9-12,22H,2-8,13-16,20H2,1H3. The van der Waals surface area contributed by atoms with Crippen molar-refractivity contribution in [1.82, 2.24) is 0 Å². The Morgan fingerprint density at radius 2 is 1.57 bits per heavy atom. The largest absolute Gasteiger partial charge is 0.394 e. The maximum atomic E-state index is 10.4. The summed E-state index contributed by atoms with van der Waals surface area (Å²) >= 11 is 0. The van der Waals surface area contributed by atoms with E-state index in [9.17, 15) is 10.0 Å². The molecule has 1 unspecified atom stereocenters. The van der Waals surface area contributed by atoms with Gasteiger partial charge in [-0.2, -0.15) is 4.91 Å². The summed E-state index contributed by atoms with van der Waals surface area (Å²) in [5.74, 6) is 0. The molecule has 0 aliphatic heterocycles. The quantitative estimate of drug-likeness (QED) is 0.426. The van der Waals surface area contributed by atoms with Gasteiger partial charge < -0.3 is 10.8 Å². The second-order valence-corrected chi connectivity index (χ2v) is 6.64. The van der Waals surface area contributed by atoms with Gasteiger partial charge >= 0.3 is 0 Å². The monoisotopic (exact) mass is 320 g/mol. The number of rotatable bonds is 13. The van der Waals surface area contributed by atoms with Crippen molar-refractivity contribution in [3.63, 3.8) is 0 Å². The molecule has 1 rings (SSSR count). The number of nitrogens with zero attached hydrogens (tertiary/aromatic N) is 1. The van der Waals surface area contributed by atoms with Crippen molar-refractivity contribution in [1.29, 1.82) is 0 Å². The molecule has 1 aromatic rings. The Morgan fingerprint density at radius 3 is 2.13 bits per heavy atom. The highest BCUT2D eigenvalue weighted by atomic mass is 16.3. The van der Waals surface area contributed by atoms with Crippen LogP contribution in [-0.4, -0.2) is 23.8 Å². The zero-order chi connectivity index (χ0) is 17.0. The summed E-state index contributed by atoms with van der Waals surface area (Å²) < 4.78 is 0. The van der Waals surface area contributed by atoms with E-state index in [-0.39, 0.29) is 13.2 Å². The van der Waals surface area contributed by atoms with Crippen molar-refractivity contribution in [2.45, 2.75) is 70.3 Å². The Hall–Kier alpha value is -1.26. The fraction of sp³-hybridized carbons (Fsp3) is 0.684. The Morgan fingerprint density at radius 1 is 1.00 bits per heavy atom. The second-order valence-electron chi connectivity index (χ2n) is 6.64. The molecule has 0 saturated carbocycles. The zero-order valence-corrected chi connectivity index (χ0v) is 14.5. The minimum absolute atomic E-state index is 0.0420. The molecule has 1 atom stereocenters. The number of nitroso groups, excluding NO2 is 1. The molecule has 0 radical (unpaired) electrons. The van der Waals surface area contributed by atoms with Crippen LogP contribution < -0.4 is 5.73 Å². The van der Waals surface area contributed by atoms with Gasteiger partial charge in [-0.05, 0) is 36.8 Å². The van der Waals surface area contributed by atoms with E-state index in [1.54, 1.807) is 0 Å². The molecule has 130 valence electrons. The summed E-state index contributed by atoms with van der Waals surface area (Å²) in [6.07, 6.45) is 10.4. The Labute approximate surface area is 140 Å². The molecule has 0 aliphatic carbocycles. The maximum absolute atomic E-state index is 10.4. The number of aliphatic hydroxyl groups is 1. The van der Waals surface area contributed by atoms with Crippen LogP contribution in [0.4, 0.5) is 0 Å². The molecule has 0 heterocycles. The Bertz CT molecular complexity index is 434. The molecule has 0 fully saturated rings. The van der Waals surface area contributed by atoms with Crippen molar-refractivity contribution < 1.29 is 5.11 Å². The van der Waals surface area contributed by atoms with E-state index in [4.69, 9.17) is 5.73 Å². The lowest BCUT2D eigenvalue weighted by Gasteiger charge is -2.23. The predicted molar refractivity (Wildman–Crippen MR) is 96.5 cm³/mol. The number of aryl methyl sites for hydroxylation is 2. The number of hydrogen-bond acceptors (Lipinski definition) is 4. The highest BCUT2D eigenvalue weighted by Crippen LogP contribution is 2.15. The first-order valence-electron chi connectivity index (χ1n) is 8.90. The van der Waals surface area contributed by atoms with Gasteiger partial charge in [-0.3, -0.25) is 0 Å². The van der Waals surface area contributed by atoms with Crippen LogP contribution in [-0.2, 0) is 12.8 Å². The Balaban J connectivity index is 2.31. The van der Waals surface area contributed by atoms with Crippen LogP contribution >= 0.6 is 0 Å². The lowest BCUT2D eigenvalue weighted by Crippen LogP contribution is -2.47. The number of nitrogens with two attached hydrogens (primary N) is 1. The molecular weight excluding hydrogens is 288 g/mol. The van der Waals surface area contributed by atoms with E-state index in [0.29, 0.717) is 6.42 Å². The summed E-state index contributed by atoms with van der Waals surface area (Å²) in [6.45, 7) is 1.99. The lowest BCUT2D eigenvalue weighted by atomic mass is 9.92. The molecule has 0 aliphatic rings. The maximum Gasteiger partial charge on any atom is 0.101 e. The highest BCUT2D eigenvalue weighted by Gasteiger charge is 2.24. The van der Waals surface area contributed by atoms with Crippen LogP contribution in [0.15, 0.2) is 29.4 Å². The summed E-state index contributed by atoms with van der Waals surface area (Å²) in [4.78, 5) is 10.4. The van der Waals surface area contributed by atoms with Crippen LogP contribution in [0, 0.1) is 4.91 Å². The van der Waals surface area contributed by atoms with Crippen molar-refractivity contribution >= 4 is 0 Å². The first kappa shape index (κ1) is 19.8. The van der Waals surface area contributed by atoms with Gasteiger partial charge in [-0.1, -0.05) is 68.5 Å². The SMILES string of the molecule is CCCCCCCCc1ccc(CCC(N)(CO)CN=O)cc1. The zero-order valence-electron chi connectivity index (χ0n) is 14.5. The van der Waals surface area contributed by atoms with Gasteiger partial charge in [-0.25, -0.2) is 0 Å². The van der Waals surface area contributed by atoms with Gasteiger partial charge in [0.15, 0.2) is 0 Å². The van der Waals surface area contributed by atoms with Crippen LogP contribution in [0.5, 0.6) is 0 Å². The van der Waals surface area contributed by atoms with Gasteiger partial charge in [0.2, 0.25) is 0 Å². The molecule has 23 heavy (non-hydrogen) atoms. The molecule has 0 bridgehead atoms. The lowest BCUT2D eigenvalue weighted by molar-refractivity contribution is 0.192. The Kier molecular flexibility index (Phi) is 9.72. The summed E-state index contributed by atoms with van der Waals surface area (Å²) in [7, 11) is 0. The molecule has 0 saturated heterocycles. The molecular formula is C19H32N2O2. The minimum atomic E-state index is -0.890. The third kappa shape index (κ3) is 8.24. The second kappa shape index (κ2) is 11.3. The molecule has 3 N–H and O–H groups in total. The van der Waals surface area contributed by atoms with Gasteiger partial charge in [0.25, 0.3) is 0 Å². The van der Waals surface area contributed by atoms with Crippen LogP contribution in [0.1, 0.15) is 63.0 Å². The van der Waals surface area contributed by atoms with E-state index in [0.717, 1.165) is 12.8 Å². The third-order valence-electron chi connectivity index (χ3n) is 4.45. The van der Waals surface area contributed by atoms with Crippen LogP contribution in [0.3, 0.4) is 0 Å². The normalized spacial score (nSPS) is 13.7. The van der Waals surface area contributed by atoms with Crippen molar-refractivity contribution in [3.05, 3.63) is 40.3 Å². The van der Waals surface area contributed by atoms with Gasteiger partial charge in [0, 0.05) is 0 Å². The van der Waals surface area contributed by atoms with Gasteiger partial charge in [0.05, 0.1) is 12.1 Å². The fourth-order valence-electron chi connectivity index (χ4n) is 2.71. The summed E-state index contributed by atoms with van der Waals surface area (Å²) in [6, 6.07) is 8.60. The summed E-state index contributed by atoms with van der Waals surface area (Å²) in [5, 5.41) is 12.1. The summed E-state index contributed by atoms with van der Waals surface area (Å²) in [5.41, 5.74) is 7.63. The first-order valence-corrected chi connectivity index (χ1v) is 8.90. The van der Waals surface area contributed by atoms with Gasteiger partial charge in [0.1, 0.15) is 6.54 Å². The van der Waals surface area contributed by atoms with E-state index in [1.165, 1.54) is 49.7 Å². The number of unbranched alkanes of at least 4 members (excludes halogenated alkanes) is 5. The van der Waals surface area contributed by atoms with Crippen LogP contribution in [0.2, 0.25) is 0 Å². The smallest absolute Gasteiger partial charge is 0.101 e. The molecule has 4 nitrogen and oxygen atoms in total. The average molecular weight is 320 g/mol. The third-order valence-corrected chi connectivity index (χ3v) is 4.45. The highest BCUT2D eigenvalue weighted by molar-refractivity contribution is 5.23. The molecule has 0 aromatic heterocycles. The topological polar surface area (TPSA) is 75.7 Å². The van der Waals surface area contributed by atoms with Crippen molar-refractivity contribution in [2.75, 3.05) is 13.2 Å². The van der Waals surface area contributed by atoms with E-state index < -0.39 is 5.54 Å². The van der Waals surface area contributed by atoms with Crippen LogP contribution in [0.25, 0.3) is 0 Å². The fourth-order valence-corrected chi connectivity index (χ4v) is 2.71. The molecule has 1 aromatic carbocycles.